The molecule has 0 aromatic rings. The second-order valence-electron chi connectivity index (χ2n) is 9.74. The van der Waals surface area contributed by atoms with Crippen molar-refractivity contribution in [3.8, 4) is 0 Å². The standard InChI is InChI=1S/C28H51N3O8/c1-4-7-8-9-10-11-12-13-14-18-24(32)30-22(26(34)35)19-20-25(33)31-23(28(37)39-6-3)17-15-16-21(29)27(36)38-5-2/h21-23H,4-20,29H2,1-3H3,(H,30,32)(H,31,33)(H,34,35)/t21?,22-,23?/m1/s1. The van der Waals surface area contributed by atoms with Crippen molar-refractivity contribution >= 4 is 29.7 Å². The topological polar surface area (TPSA) is 174 Å². The molecule has 0 aromatic heterocycles. The van der Waals surface area contributed by atoms with Gasteiger partial charge < -0.3 is 30.9 Å². The maximum absolute atomic E-state index is 12.5. The number of rotatable bonds is 24. The number of carbonyl (C=O) groups excluding carboxylic acids is 4. The minimum absolute atomic E-state index is 0.117. The lowest BCUT2D eigenvalue weighted by molar-refractivity contribution is -0.148. The predicted octanol–water partition coefficient (Wildman–Crippen LogP) is 3.37. The number of nitrogens with one attached hydrogen (secondary N) is 2. The van der Waals surface area contributed by atoms with Crippen molar-refractivity contribution in [1.82, 2.24) is 10.6 Å². The van der Waals surface area contributed by atoms with E-state index in [0.717, 1.165) is 19.3 Å². The van der Waals surface area contributed by atoms with Gasteiger partial charge in [0.2, 0.25) is 11.8 Å². The highest BCUT2D eigenvalue weighted by molar-refractivity contribution is 5.86. The predicted molar refractivity (Wildman–Crippen MR) is 148 cm³/mol. The first kappa shape index (κ1) is 36.3. The van der Waals surface area contributed by atoms with E-state index in [1.54, 1.807) is 13.8 Å². The zero-order valence-electron chi connectivity index (χ0n) is 24.1. The molecule has 0 radical (unpaired) electrons. The fourth-order valence-corrected chi connectivity index (χ4v) is 4.06. The molecule has 0 aromatic carbocycles. The summed E-state index contributed by atoms with van der Waals surface area (Å²) in [6, 6.07) is -3.00. The average molecular weight is 558 g/mol. The van der Waals surface area contributed by atoms with E-state index in [9.17, 15) is 29.1 Å². The summed E-state index contributed by atoms with van der Waals surface area (Å²) >= 11 is 0. The van der Waals surface area contributed by atoms with Gasteiger partial charge in [-0.15, -0.1) is 0 Å². The molecule has 0 fully saturated rings. The summed E-state index contributed by atoms with van der Waals surface area (Å²) in [5.74, 6) is -3.28. The Balaban J connectivity index is 4.52. The van der Waals surface area contributed by atoms with Gasteiger partial charge in [0.1, 0.15) is 18.1 Å². The molecule has 11 nitrogen and oxygen atoms in total. The number of unbranched alkanes of at least 4 members (excludes halogenated alkanes) is 8. The van der Waals surface area contributed by atoms with Crippen molar-refractivity contribution in [2.75, 3.05) is 13.2 Å². The van der Waals surface area contributed by atoms with E-state index >= 15 is 0 Å². The normalized spacial score (nSPS) is 13.1. The van der Waals surface area contributed by atoms with Gasteiger partial charge in [-0.05, 0) is 46.0 Å². The lowest BCUT2D eigenvalue weighted by Gasteiger charge is -2.19. The van der Waals surface area contributed by atoms with E-state index < -0.39 is 41.9 Å². The summed E-state index contributed by atoms with van der Waals surface area (Å²) in [5, 5.41) is 14.6. The van der Waals surface area contributed by atoms with Gasteiger partial charge in [0.25, 0.3) is 0 Å². The summed E-state index contributed by atoms with van der Waals surface area (Å²) in [4.78, 5) is 60.3. The van der Waals surface area contributed by atoms with Crippen molar-refractivity contribution in [3.05, 3.63) is 0 Å². The molecule has 0 heterocycles. The van der Waals surface area contributed by atoms with Crippen molar-refractivity contribution in [2.24, 2.45) is 5.73 Å². The molecule has 0 aliphatic heterocycles. The van der Waals surface area contributed by atoms with Gasteiger partial charge in [0.05, 0.1) is 13.2 Å². The second kappa shape index (κ2) is 23.2. The average Bonchev–Trinajstić information content (AvgIpc) is 2.89. The first-order valence-corrected chi connectivity index (χ1v) is 14.6. The number of hydrogen-bond donors (Lipinski definition) is 4. The molecule has 39 heavy (non-hydrogen) atoms. The Morgan fingerprint density at radius 1 is 0.641 bits per heavy atom. The van der Waals surface area contributed by atoms with Crippen LogP contribution in [0.15, 0.2) is 0 Å². The van der Waals surface area contributed by atoms with Crippen LogP contribution in [0.3, 0.4) is 0 Å². The van der Waals surface area contributed by atoms with Crippen LogP contribution in [0.25, 0.3) is 0 Å². The number of amides is 2. The molecular formula is C28H51N3O8. The van der Waals surface area contributed by atoms with Crippen molar-refractivity contribution in [1.29, 1.82) is 0 Å². The molecule has 2 unspecified atom stereocenters. The first-order chi connectivity index (χ1) is 18.7. The monoisotopic (exact) mass is 557 g/mol. The van der Waals surface area contributed by atoms with E-state index in [1.165, 1.54) is 32.1 Å². The van der Waals surface area contributed by atoms with Gasteiger partial charge in [-0.25, -0.2) is 9.59 Å². The number of carbonyl (C=O) groups is 5. The fraction of sp³-hybridized carbons (Fsp3) is 0.821. The van der Waals surface area contributed by atoms with E-state index in [0.29, 0.717) is 12.8 Å². The number of ether oxygens (including phenoxy) is 2. The maximum atomic E-state index is 12.5. The van der Waals surface area contributed by atoms with Gasteiger partial charge >= 0.3 is 17.9 Å². The van der Waals surface area contributed by atoms with Crippen LogP contribution >= 0.6 is 0 Å². The number of aliphatic carboxylic acids is 1. The van der Waals surface area contributed by atoms with Gasteiger partial charge in [0, 0.05) is 12.8 Å². The van der Waals surface area contributed by atoms with Crippen LogP contribution in [0.2, 0.25) is 0 Å². The molecule has 2 amide bonds. The molecule has 226 valence electrons. The Labute approximate surface area is 233 Å². The summed E-state index contributed by atoms with van der Waals surface area (Å²) in [6.45, 7) is 5.84. The summed E-state index contributed by atoms with van der Waals surface area (Å²) in [5.41, 5.74) is 5.78. The second-order valence-corrected chi connectivity index (χ2v) is 9.74. The smallest absolute Gasteiger partial charge is 0.328 e. The van der Waals surface area contributed by atoms with E-state index in [2.05, 4.69) is 17.6 Å². The van der Waals surface area contributed by atoms with Crippen LogP contribution in [-0.4, -0.2) is 66.2 Å². The van der Waals surface area contributed by atoms with Gasteiger partial charge in [-0.3, -0.25) is 14.4 Å². The van der Waals surface area contributed by atoms with Crippen LogP contribution in [0.5, 0.6) is 0 Å². The lowest BCUT2D eigenvalue weighted by atomic mass is 10.0. The molecule has 5 N–H and O–H groups in total. The number of carboxylic acid groups (broad SMARTS) is 1. The maximum Gasteiger partial charge on any atom is 0.328 e. The molecule has 0 bridgehead atoms. The Kier molecular flexibility index (Phi) is 21.6. The van der Waals surface area contributed by atoms with E-state index in [1.807, 2.05) is 0 Å². The first-order valence-electron chi connectivity index (χ1n) is 14.6. The van der Waals surface area contributed by atoms with Gasteiger partial charge in [-0.2, -0.15) is 0 Å². The minimum atomic E-state index is -1.22. The van der Waals surface area contributed by atoms with Gasteiger partial charge in [-0.1, -0.05) is 58.3 Å². The number of hydrogen-bond acceptors (Lipinski definition) is 8. The molecule has 0 saturated carbocycles. The summed E-state index contributed by atoms with van der Waals surface area (Å²) in [7, 11) is 0. The Morgan fingerprint density at radius 3 is 1.72 bits per heavy atom. The van der Waals surface area contributed by atoms with Crippen molar-refractivity contribution in [3.63, 3.8) is 0 Å². The summed E-state index contributed by atoms with van der Waals surface area (Å²) < 4.78 is 9.88. The number of carboxylic acids is 1. The van der Waals surface area contributed by atoms with Crippen LogP contribution in [-0.2, 0) is 33.4 Å². The molecule has 0 spiro atoms. The van der Waals surface area contributed by atoms with Crippen LogP contribution in [0.1, 0.15) is 117 Å². The highest BCUT2D eigenvalue weighted by atomic mass is 16.5. The molecular weight excluding hydrogens is 506 g/mol. The third-order valence-electron chi connectivity index (χ3n) is 6.30. The third kappa shape index (κ3) is 19.1. The van der Waals surface area contributed by atoms with E-state index in [4.69, 9.17) is 15.2 Å². The quantitative estimate of drug-likeness (QED) is 0.102. The largest absolute Gasteiger partial charge is 0.480 e. The zero-order valence-corrected chi connectivity index (χ0v) is 24.1. The molecule has 11 heteroatoms. The highest BCUT2D eigenvalue weighted by Crippen LogP contribution is 2.11. The highest BCUT2D eigenvalue weighted by Gasteiger charge is 2.25. The van der Waals surface area contributed by atoms with Gasteiger partial charge in [0.15, 0.2) is 0 Å². The fourth-order valence-electron chi connectivity index (χ4n) is 4.06. The van der Waals surface area contributed by atoms with Crippen molar-refractivity contribution in [2.45, 2.75) is 135 Å². The molecule has 0 aliphatic carbocycles. The third-order valence-corrected chi connectivity index (χ3v) is 6.30. The van der Waals surface area contributed by atoms with Crippen LogP contribution in [0, 0.1) is 0 Å². The zero-order chi connectivity index (χ0) is 29.5. The Hall–Kier alpha value is -2.69. The molecule has 0 rings (SSSR count). The Bertz CT molecular complexity index is 732. The van der Waals surface area contributed by atoms with Crippen LogP contribution in [0.4, 0.5) is 0 Å². The number of esters is 2. The van der Waals surface area contributed by atoms with Crippen LogP contribution < -0.4 is 16.4 Å². The Morgan fingerprint density at radius 2 is 1.15 bits per heavy atom. The SMILES string of the molecule is CCCCCCCCCCCC(=O)N[C@H](CCC(=O)NC(CCCC(N)C(=O)OCC)C(=O)OCC)C(=O)O. The minimum Gasteiger partial charge on any atom is -0.480 e. The van der Waals surface area contributed by atoms with E-state index in [-0.39, 0.29) is 51.2 Å². The van der Waals surface area contributed by atoms with Crippen molar-refractivity contribution < 1.29 is 38.6 Å². The lowest BCUT2D eigenvalue weighted by Crippen LogP contribution is -2.44. The summed E-state index contributed by atoms with van der Waals surface area (Å²) in [6.07, 6.45) is 10.7. The molecule has 0 saturated heterocycles. The molecule has 0 aliphatic rings. The number of nitrogens with two attached hydrogens (primary N) is 1. The molecule has 3 atom stereocenters.